The minimum absolute atomic E-state index is 0.225. The smallest absolute Gasteiger partial charge is 0.223 e. The molecule has 2 aliphatic heterocycles. The number of morpholine rings is 1. The van der Waals surface area contributed by atoms with Crippen LogP contribution in [0.25, 0.3) is 0 Å². The summed E-state index contributed by atoms with van der Waals surface area (Å²) in [7, 11) is 1.77. The topological polar surface area (TPSA) is 69.2 Å². The van der Waals surface area contributed by atoms with Crippen LogP contribution in [0.15, 0.2) is 29.3 Å². The molecule has 2 heterocycles. The van der Waals surface area contributed by atoms with Crippen LogP contribution in [0.4, 0.5) is 0 Å². The van der Waals surface area contributed by atoms with Gasteiger partial charge in [0.25, 0.3) is 0 Å². The highest BCUT2D eigenvalue weighted by Gasteiger charge is 2.22. The predicted molar refractivity (Wildman–Crippen MR) is 107 cm³/mol. The van der Waals surface area contributed by atoms with Gasteiger partial charge in [0.2, 0.25) is 5.91 Å². The first kappa shape index (κ1) is 19.6. The van der Waals surface area contributed by atoms with Gasteiger partial charge in [-0.2, -0.15) is 0 Å². The first-order chi connectivity index (χ1) is 13.3. The molecule has 2 aliphatic rings. The first-order valence-electron chi connectivity index (χ1n) is 9.85. The van der Waals surface area contributed by atoms with Crippen LogP contribution in [-0.2, 0) is 22.6 Å². The highest BCUT2D eigenvalue weighted by Crippen LogP contribution is 2.22. The molecule has 1 aromatic carbocycles. The number of aliphatic imine (C=N–C) groups is 1. The van der Waals surface area contributed by atoms with E-state index in [9.17, 15) is 4.79 Å². The Kier molecular flexibility index (Phi) is 7.47. The lowest BCUT2D eigenvalue weighted by Crippen LogP contribution is -2.44. The molecular weight excluding hydrogens is 342 g/mol. The van der Waals surface area contributed by atoms with Gasteiger partial charge in [0.05, 0.1) is 13.2 Å². The zero-order valence-corrected chi connectivity index (χ0v) is 16.2. The van der Waals surface area contributed by atoms with E-state index in [1.54, 1.807) is 7.05 Å². The molecule has 7 heteroatoms. The Labute approximate surface area is 161 Å². The largest absolute Gasteiger partial charge is 0.379 e. The maximum absolute atomic E-state index is 12.4. The average Bonchev–Trinajstić information content (AvgIpc) is 3.15. The third-order valence-electron chi connectivity index (χ3n) is 5.10. The summed E-state index contributed by atoms with van der Waals surface area (Å²) >= 11 is 0. The lowest BCUT2D eigenvalue weighted by atomic mass is 10.1. The minimum Gasteiger partial charge on any atom is -0.379 e. The fourth-order valence-electron chi connectivity index (χ4n) is 3.49. The van der Waals surface area contributed by atoms with Gasteiger partial charge < -0.3 is 20.3 Å². The third kappa shape index (κ3) is 5.94. The number of carbonyl (C=O) groups is 1. The second-order valence-electron chi connectivity index (χ2n) is 7.00. The number of guanidine groups is 1. The molecule has 1 aromatic rings. The molecule has 0 radical (unpaired) electrons. The molecule has 0 bridgehead atoms. The summed E-state index contributed by atoms with van der Waals surface area (Å²) < 4.78 is 5.36. The zero-order valence-electron chi connectivity index (χ0n) is 16.2. The number of ether oxygens (including phenoxy) is 1. The van der Waals surface area contributed by atoms with Gasteiger partial charge in [-0.3, -0.25) is 14.7 Å². The molecule has 1 saturated heterocycles. The maximum atomic E-state index is 12.4. The molecule has 148 valence electrons. The number of amides is 1. The Morgan fingerprint density at radius 2 is 1.78 bits per heavy atom. The number of fused-ring (bicyclic) bond motifs is 1. The molecule has 0 saturated carbocycles. The monoisotopic (exact) mass is 373 g/mol. The van der Waals surface area contributed by atoms with Crippen LogP contribution < -0.4 is 10.6 Å². The summed E-state index contributed by atoms with van der Waals surface area (Å²) in [6, 6.07) is 8.29. The van der Waals surface area contributed by atoms with Gasteiger partial charge in [0.1, 0.15) is 0 Å². The molecule has 2 N–H and O–H groups in total. The van der Waals surface area contributed by atoms with E-state index in [0.717, 1.165) is 71.4 Å². The van der Waals surface area contributed by atoms with Crippen LogP contribution >= 0.6 is 0 Å². The Hall–Kier alpha value is -2.12. The predicted octanol–water partition coefficient (Wildman–Crippen LogP) is 0.806. The van der Waals surface area contributed by atoms with Crippen molar-refractivity contribution in [2.75, 3.05) is 53.0 Å². The summed E-state index contributed by atoms with van der Waals surface area (Å²) in [4.78, 5) is 21.0. The summed E-state index contributed by atoms with van der Waals surface area (Å²) in [6.45, 7) is 7.70. The van der Waals surface area contributed by atoms with Gasteiger partial charge in [-0.1, -0.05) is 24.3 Å². The van der Waals surface area contributed by atoms with Crippen molar-refractivity contribution in [2.24, 2.45) is 4.99 Å². The van der Waals surface area contributed by atoms with Gasteiger partial charge in [0, 0.05) is 59.3 Å². The molecule has 1 fully saturated rings. The number of hydrogen-bond acceptors (Lipinski definition) is 4. The summed E-state index contributed by atoms with van der Waals surface area (Å²) in [5, 5.41) is 6.63. The van der Waals surface area contributed by atoms with E-state index < -0.39 is 0 Å². The molecule has 0 spiro atoms. The third-order valence-corrected chi connectivity index (χ3v) is 5.10. The second-order valence-corrected chi connectivity index (χ2v) is 7.00. The SMILES string of the molecule is CN=C(NCCCC(=O)N1Cc2ccccc2C1)NCCN1CCOCC1. The van der Waals surface area contributed by atoms with Crippen LogP contribution in [-0.4, -0.2) is 74.7 Å². The Bertz CT molecular complexity index is 618. The van der Waals surface area contributed by atoms with E-state index >= 15 is 0 Å². The minimum atomic E-state index is 0.225. The molecular formula is C20H31N5O2. The quantitative estimate of drug-likeness (QED) is 0.420. The van der Waals surface area contributed by atoms with Crippen LogP contribution in [0.2, 0.25) is 0 Å². The van der Waals surface area contributed by atoms with Crippen molar-refractivity contribution in [1.29, 1.82) is 0 Å². The van der Waals surface area contributed by atoms with Gasteiger partial charge in [-0.25, -0.2) is 0 Å². The first-order valence-corrected chi connectivity index (χ1v) is 9.85. The Balaban J connectivity index is 1.28. The zero-order chi connectivity index (χ0) is 18.9. The van der Waals surface area contributed by atoms with Gasteiger partial charge in [-0.05, 0) is 17.5 Å². The highest BCUT2D eigenvalue weighted by atomic mass is 16.5. The van der Waals surface area contributed by atoms with Crippen LogP contribution in [0.3, 0.4) is 0 Å². The molecule has 3 rings (SSSR count). The number of rotatable bonds is 7. The van der Waals surface area contributed by atoms with Crippen LogP contribution in [0.1, 0.15) is 24.0 Å². The fraction of sp³-hybridized carbons (Fsp3) is 0.600. The van der Waals surface area contributed by atoms with E-state index in [2.05, 4.69) is 32.7 Å². The van der Waals surface area contributed by atoms with E-state index in [4.69, 9.17) is 4.74 Å². The lowest BCUT2D eigenvalue weighted by molar-refractivity contribution is -0.131. The molecule has 27 heavy (non-hydrogen) atoms. The van der Waals surface area contributed by atoms with E-state index in [-0.39, 0.29) is 5.91 Å². The molecule has 1 amide bonds. The van der Waals surface area contributed by atoms with Crippen molar-refractivity contribution in [3.63, 3.8) is 0 Å². The fourth-order valence-corrected chi connectivity index (χ4v) is 3.49. The lowest BCUT2D eigenvalue weighted by Gasteiger charge is -2.26. The van der Waals surface area contributed by atoms with Crippen LogP contribution in [0, 0.1) is 0 Å². The highest BCUT2D eigenvalue weighted by molar-refractivity contribution is 5.80. The van der Waals surface area contributed by atoms with Crippen LogP contribution in [0.5, 0.6) is 0 Å². The van der Waals surface area contributed by atoms with E-state index in [1.165, 1.54) is 11.1 Å². The Morgan fingerprint density at radius 3 is 2.44 bits per heavy atom. The van der Waals surface area contributed by atoms with Crippen molar-refractivity contribution in [2.45, 2.75) is 25.9 Å². The van der Waals surface area contributed by atoms with Gasteiger partial charge in [-0.15, -0.1) is 0 Å². The van der Waals surface area contributed by atoms with Crippen molar-refractivity contribution < 1.29 is 9.53 Å². The Morgan fingerprint density at radius 1 is 1.11 bits per heavy atom. The van der Waals surface area contributed by atoms with Gasteiger partial charge in [0.15, 0.2) is 5.96 Å². The molecule has 7 nitrogen and oxygen atoms in total. The normalized spacial score (nSPS) is 17.7. The van der Waals surface area contributed by atoms with Crippen molar-refractivity contribution in [3.8, 4) is 0 Å². The molecule has 0 aliphatic carbocycles. The van der Waals surface area contributed by atoms with E-state index in [1.807, 2.05) is 17.0 Å². The molecule has 0 aromatic heterocycles. The van der Waals surface area contributed by atoms with E-state index in [0.29, 0.717) is 6.42 Å². The standard InChI is InChI=1S/C20H31N5O2/c1-21-20(23-9-10-24-11-13-27-14-12-24)22-8-4-7-19(26)25-15-17-5-2-3-6-18(17)16-25/h2-3,5-6H,4,7-16H2,1H3,(H2,21,22,23). The summed E-state index contributed by atoms with van der Waals surface area (Å²) in [5.41, 5.74) is 2.54. The number of hydrogen-bond donors (Lipinski definition) is 2. The maximum Gasteiger partial charge on any atom is 0.223 e. The molecule has 0 atom stereocenters. The van der Waals surface area contributed by atoms with Gasteiger partial charge >= 0.3 is 0 Å². The van der Waals surface area contributed by atoms with Crippen molar-refractivity contribution >= 4 is 11.9 Å². The number of nitrogens with zero attached hydrogens (tertiary/aromatic N) is 3. The van der Waals surface area contributed by atoms with Crippen molar-refractivity contribution in [1.82, 2.24) is 20.4 Å². The second kappa shape index (κ2) is 10.3. The molecule has 0 unspecified atom stereocenters. The number of carbonyl (C=O) groups excluding carboxylic acids is 1. The van der Waals surface area contributed by atoms with Crippen molar-refractivity contribution in [3.05, 3.63) is 35.4 Å². The number of benzene rings is 1. The summed E-state index contributed by atoms with van der Waals surface area (Å²) in [5.74, 6) is 1.02. The average molecular weight is 374 g/mol. The number of nitrogens with one attached hydrogen (secondary N) is 2. The summed E-state index contributed by atoms with van der Waals surface area (Å²) in [6.07, 6.45) is 1.36.